The van der Waals surface area contributed by atoms with Gasteiger partial charge in [-0.2, -0.15) is 0 Å². The molecule has 1 aromatic rings. The molecule has 0 amide bonds. The largest absolute Gasteiger partial charge is 0.137 e. The smallest absolute Gasteiger partial charge is 0.118 e. The SMILES string of the molecule is S=[C]c1csnn1. The van der Waals surface area contributed by atoms with Gasteiger partial charge >= 0.3 is 0 Å². The summed E-state index contributed by atoms with van der Waals surface area (Å²) in [6.45, 7) is 0. The monoisotopic (exact) mass is 129 g/mol. The van der Waals surface area contributed by atoms with Gasteiger partial charge in [0.15, 0.2) is 0 Å². The standard InChI is InChI=1S/C3HN2S2/c6-1-3-2-7-5-4-3/h2H. The first-order valence-electron chi connectivity index (χ1n) is 1.58. The van der Waals surface area contributed by atoms with Crippen LogP contribution in [0.3, 0.4) is 0 Å². The van der Waals surface area contributed by atoms with Crippen molar-refractivity contribution in [3.63, 3.8) is 0 Å². The molecule has 0 aliphatic heterocycles. The average Bonchev–Trinajstić information content (AvgIpc) is 2.14. The van der Waals surface area contributed by atoms with Gasteiger partial charge < -0.3 is 0 Å². The van der Waals surface area contributed by atoms with Gasteiger partial charge in [-0.25, -0.2) is 0 Å². The minimum Gasteiger partial charge on any atom is -0.137 e. The van der Waals surface area contributed by atoms with E-state index in [1.165, 1.54) is 11.5 Å². The van der Waals surface area contributed by atoms with Crippen LogP contribution in [0, 0.1) is 0 Å². The predicted molar refractivity (Wildman–Crippen MR) is 31.6 cm³/mol. The molecule has 0 aliphatic carbocycles. The van der Waals surface area contributed by atoms with Crippen molar-refractivity contribution >= 4 is 29.1 Å². The highest BCUT2D eigenvalue weighted by Gasteiger charge is 1.84. The Labute approximate surface area is 50.3 Å². The van der Waals surface area contributed by atoms with Crippen LogP contribution in [0.15, 0.2) is 5.38 Å². The lowest BCUT2D eigenvalue weighted by molar-refractivity contribution is 1.15. The fraction of sp³-hybridized carbons (Fsp3) is 0. The molecule has 0 aliphatic rings. The molecular formula is C3HN2S2. The molecule has 0 spiro atoms. The van der Waals surface area contributed by atoms with Gasteiger partial charge in [-0.3, -0.25) is 0 Å². The fourth-order valence-electron chi connectivity index (χ4n) is 0.209. The quantitative estimate of drug-likeness (QED) is 0.524. The fourth-order valence-corrected chi connectivity index (χ4v) is 0.772. The van der Waals surface area contributed by atoms with Gasteiger partial charge in [0.25, 0.3) is 0 Å². The third kappa shape index (κ3) is 1.01. The number of thiocarbonyl (C=S) groups is 1. The van der Waals surface area contributed by atoms with Gasteiger partial charge in [-0.1, -0.05) is 16.7 Å². The molecule has 0 bridgehead atoms. The van der Waals surface area contributed by atoms with Gasteiger partial charge in [0.2, 0.25) is 0 Å². The van der Waals surface area contributed by atoms with Crippen molar-refractivity contribution in [3.05, 3.63) is 11.1 Å². The minimum absolute atomic E-state index is 0.653. The van der Waals surface area contributed by atoms with Crippen molar-refractivity contribution in [2.75, 3.05) is 0 Å². The molecule has 0 N–H and O–H groups in total. The summed E-state index contributed by atoms with van der Waals surface area (Å²) in [6.07, 6.45) is 0. The van der Waals surface area contributed by atoms with Crippen molar-refractivity contribution in [1.29, 1.82) is 0 Å². The molecular weight excluding hydrogens is 128 g/mol. The van der Waals surface area contributed by atoms with Crippen LogP contribution in [0.25, 0.3) is 0 Å². The second-order valence-corrected chi connectivity index (χ2v) is 1.71. The van der Waals surface area contributed by atoms with Crippen LogP contribution in [0.4, 0.5) is 0 Å². The highest BCUT2D eigenvalue weighted by molar-refractivity contribution is 7.79. The van der Waals surface area contributed by atoms with Gasteiger partial charge in [0, 0.05) is 5.38 Å². The Morgan fingerprint density at radius 2 is 2.71 bits per heavy atom. The summed E-state index contributed by atoms with van der Waals surface area (Å²) in [6, 6.07) is 0. The lowest BCUT2D eigenvalue weighted by Crippen LogP contribution is -1.73. The molecule has 1 heterocycles. The maximum atomic E-state index is 4.43. The van der Waals surface area contributed by atoms with E-state index < -0.39 is 0 Å². The van der Waals surface area contributed by atoms with E-state index in [9.17, 15) is 0 Å². The van der Waals surface area contributed by atoms with Crippen LogP contribution < -0.4 is 0 Å². The second-order valence-electron chi connectivity index (χ2n) is 0.892. The second kappa shape index (κ2) is 2.09. The first-order chi connectivity index (χ1) is 3.43. The number of aromatic nitrogens is 2. The number of rotatable bonds is 1. The molecule has 2 nitrogen and oxygen atoms in total. The summed E-state index contributed by atoms with van der Waals surface area (Å²) < 4.78 is 3.56. The molecule has 0 fully saturated rings. The van der Waals surface area contributed by atoms with Crippen LogP contribution in [0.2, 0.25) is 0 Å². The Morgan fingerprint density at radius 3 is 3.00 bits per heavy atom. The molecule has 1 aromatic heterocycles. The summed E-state index contributed by atoms with van der Waals surface area (Å²) in [5.74, 6) is 0. The zero-order chi connectivity index (χ0) is 5.11. The van der Waals surface area contributed by atoms with E-state index in [2.05, 4.69) is 27.2 Å². The van der Waals surface area contributed by atoms with Crippen LogP contribution in [0.5, 0.6) is 0 Å². The lowest BCUT2D eigenvalue weighted by Gasteiger charge is -1.63. The molecule has 35 valence electrons. The molecule has 0 saturated carbocycles. The topological polar surface area (TPSA) is 25.8 Å². The van der Waals surface area contributed by atoms with Crippen LogP contribution in [0.1, 0.15) is 5.69 Å². The first kappa shape index (κ1) is 4.80. The minimum atomic E-state index is 0.653. The Kier molecular flexibility index (Phi) is 1.43. The Balaban J connectivity index is 2.96. The lowest BCUT2D eigenvalue weighted by atomic mass is 10.6. The molecule has 1 rings (SSSR count). The van der Waals surface area contributed by atoms with Gasteiger partial charge in [0.1, 0.15) is 5.69 Å². The van der Waals surface area contributed by atoms with E-state index >= 15 is 0 Å². The maximum Gasteiger partial charge on any atom is 0.118 e. The normalized spacial score (nSPS) is 8.57. The summed E-state index contributed by atoms with van der Waals surface area (Å²) in [7, 11) is 0. The molecule has 0 atom stereocenters. The van der Waals surface area contributed by atoms with Gasteiger partial charge in [0.05, 0.1) is 5.37 Å². The van der Waals surface area contributed by atoms with Crippen LogP contribution in [-0.4, -0.2) is 15.0 Å². The van der Waals surface area contributed by atoms with Crippen molar-refractivity contribution in [3.8, 4) is 0 Å². The van der Waals surface area contributed by atoms with Crippen molar-refractivity contribution < 1.29 is 0 Å². The highest BCUT2D eigenvalue weighted by Crippen LogP contribution is 1.90. The third-order valence-corrected chi connectivity index (χ3v) is 1.18. The van der Waals surface area contributed by atoms with Gasteiger partial charge in [-0.05, 0) is 11.5 Å². The molecule has 4 heteroatoms. The van der Waals surface area contributed by atoms with Crippen molar-refractivity contribution in [2.45, 2.75) is 0 Å². The highest BCUT2D eigenvalue weighted by atomic mass is 32.1. The summed E-state index contributed by atoms with van der Waals surface area (Å²) >= 11 is 5.70. The van der Waals surface area contributed by atoms with E-state index in [0.29, 0.717) is 5.69 Å². The zero-order valence-corrected chi connectivity index (χ0v) is 4.92. The molecule has 0 aromatic carbocycles. The van der Waals surface area contributed by atoms with Crippen LogP contribution in [-0.2, 0) is 0 Å². The predicted octanol–water partition coefficient (Wildman–Crippen LogP) is 0.763. The number of nitrogens with zero attached hydrogens (tertiary/aromatic N) is 2. The summed E-state index contributed by atoms with van der Waals surface area (Å²) in [5, 5.41) is 7.76. The number of hydrogen-bond donors (Lipinski definition) is 0. The van der Waals surface area contributed by atoms with E-state index in [4.69, 9.17) is 0 Å². The first-order valence-corrected chi connectivity index (χ1v) is 2.83. The van der Waals surface area contributed by atoms with Crippen molar-refractivity contribution in [2.24, 2.45) is 0 Å². The number of hydrogen-bond acceptors (Lipinski definition) is 4. The molecule has 0 saturated heterocycles. The van der Waals surface area contributed by atoms with Gasteiger partial charge in [-0.15, -0.1) is 5.10 Å². The average molecular weight is 129 g/mol. The zero-order valence-electron chi connectivity index (χ0n) is 3.29. The van der Waals surface area contributed by atoms with Crippen LogP contribution >= 0.6 is 23.8 Å². The molecule has 7 heavy (non-hydrogen) atoms. The van der Waals surface area contributed by atoms with E-state index in [-0.39, 0.29) is 0 Å². The Bertz CT molecular complexity index is 146. The maximum absolute atomic E-state index is 4.43. The molecule has 1 radical (unpaired) electrons. The summed E-state index contributed by atoms with van der Waals surface area (Å²) in [5.41, 5.74) is 0.653. The van der Waals surface area contributed by atoms with E-state index in [1.807, 2.05) is 0 Å². The van der Waals surface area contributed by atoms with Crippen molar-refractivity contribution in [1.82, 2.24) is 9.59 Å². The van der Waals surface area contributed by atoms with E-state index in [0.717, 1.165) is 0 Å². The Morgan fingerprint density at radius 1 is 1.86 bits per heavy atom. The van der Waals surface area contributed by atoms with E-state index in [1.54, 1.807) is 5.38 Å². The third-order valence-electron chi connectivity index (χ3n) is 0.465. The Hall–Kier alpha value is -0.350. The molecule has 0 unspecified atom stereocenters. The summed E-state index contributed by atoms with van der Waals surface area (Å²) in [4.78, 5) is 0.